The molecule has 0 saturated heterocycles. The lowest BCUT2D eigenvalue weighted by molar-refractivity contribution is -0.134. The van der Waals surface area contributed by atoms with Crippen LogP contribution in [0.5, 0.6) is 11.5 Å². The van der Waals surface area contributed by atoms with Crippen LogP contribution in [0.25, 0.3) is 0 Å². The summed E-state index contributed by atoms with van der Waals surface area (Å²) >= 11 is 9.44. The lowest BCUT2D eigenvalue weighted by Gasteiger charge is -2.32. The second kappa shape index (κ2) is 7.20. The highest BCUT2D eigenvalue weighted by atomic mass is 32.1. The predicted octanol–water partition coefficient (Wildman–Crippen LogP) is 4.06. The third kappa shape index (κ3) is 2.88. The van der Waals surface area contributed by atoms with Gasteiger partial charge in [0.15, 0.2) is 16.8 Å². The van der Waals surface area contributed by atoms with E-state index in [2.05, 4.69) is 17.7 Å². The van der Waals surface area contributed by atoms with Gasteiger partial charge in [-0.1, -0.05) is 27.3 Å². The van der Waals surface area contributed by atoms with Crippen LogP contribution in [0.1, 0.15) is 18.5 Å². The fraction of sp³-hybridized carbons (Fsp3) is 0.200. The lowest BCUT2D eigenvalue weighted by atomic mass is 9.93. The maximum absolute atomic E-state index is 12.6. The number of benzene rings is 2. The van der Waals surface area contributed by atoms with Gasteiger partial charge in [0.25, 0.3) is 0 Å². The largest absolute Gasteiger partial charge is 0.497 e. The molecule has 2 aliphatic heterocycles. The van der Waals surface area contributed by atoms with Crippen LogP contribution < -0.4 is 13.5 Å². The molecule has 2 aromatic carbocycles. The molecule has 0 amide bonds. The molecule has 0 aliphatic carbocycles. The summed E-state index contributed by atoms with van der Waals surface area (Å²) in [4.78, 5) is 12.6. The standard InChI is InChI=1S/C20H18N2O4S2/c1-3-25-19(23)17-16-18(22(28,21-17)12-7-5-4-6-8-12)14-10-9-13(24-2)11-15(14)26-20(16)27/h4-11,18,28H,3H2,1-2H3/p+1. The average Bonchev–Trinajstić information content (AvgIpc) is 3.04. The third-order valence-electron chi connectivity index (χ3n) is 4.70. The summed E-state index contributed by atoms with van der Waals surface area (Å²) in [5.74, 6) is 0.718. The maximum Gasteiger partial charge on any atom is 0.363 e. The highest BCUT2D eigenvalue weighted by Gasteiger charge is 2.56. The van der Waals surface area contributed by atoms with E-state index in [4.69, 9.17) is 27.0 Å². The molecular formula is C20H19N2O4S2+. The number of rotatable bonds is 4. The first-order chi connectivity index (χ1) is 13.5. The molecule has 0 spiro atoms. The normalized spacial score (nSPS) is 22.7. The van der Waals surface area contributed by atoms with Crippen LogP contribution in [-0.4, -0.2) is 25.4 Å². The quantitative estimate of drug-likeness (QED) is 0.449. The van der Waals surface area contributed by atoms with Crippen molar-refractivity contribution in [2.75, 3.05) is 13.7 Å². The van der Waals surface area contributed by atoms with Crippen molar-refractivity contribution in [3.63, 3.8) is 0 Å². The topological polar surface area (TPSA) is 57.1 Å². The fourth-order valence-corrected chi connectivity index (χ4v) is 4.25. The molecule has 0 radical (unpaired) electrons. The second-order valence-corrected chi connectivity index (χ2v) is 7.30. The molecule has 0 saturated carbocycles. The minimum absolute atomic E-state index is 0.164. The molecule has 6 nitrogen and oxygen atoms in total. The first-order valence-corrected chi connectivity index (χ1v) is 9.58. The van der Waals surface area contributed by atoms with Crippen LogP contribution >= 0.6 is 25.4 Å². The number of quaternary nitrogens is 1. The third-order valence-corrected chi connectivity index (χ3v) is 5.58. The van der Waals surface area contributed by atoms with Gasteiger partial charge in [0.05, 0.1) is 32.1 Å². The number of thiol groups is 2. The summed E-state index contributed by atoms with van der Waals surface area (Å²) in [5, 5.41) is 4.97. The number of methoxy groups -OCH3 is 1. The molecule has 28 heavy (non-hydrogen) atoms. The van der Waals surface area contributed by atoms with E-state index in [0.717, 1.165) is 11.3 Å². The van der Waals surface area contributed by atoms with Crippen molar-refractivity contribution in [3.05, 3.63) is 64.8 Å². The first-order valence-electron chi connectivity index (χ1n) is 8.73. The maximum atomic E-state index is 12.6. The van der Waals surface area contributed by atoms with Gasteiger partial charge in [-0.25, -0.2) is 4.79 Å². The summed E-state index contributed by atoms with van der Waals surface area (Å²) in [7, 11) is 1.59. The minimum atomic E-state index is -0.528. The van der Waals surface area contributed by atoms with E-state index in [1.807, 2.05) is 42.5 Å². The van der Waals surface area contributed by atoms with E-state index in [1.54, 1.807) is 20.1 Å². The Hall–Kier alpha value is -2.42. The van der Waals surface area contributed by atoms with E-state index in [-0.39, 0.29) is 16.3 Å². The lowest BCUT2D eigenvalue weighted by Crippen LogP contribution is -2.36. The summed E-state index contributed by atoms with van der Waals surface area (Å²) in [6.45, 7) is 1.99. The van der Waals surface area contributed by atoms with Crippen molar-refractivity contribution in [1.82, 2.24) is 4.00 Å². The van der Waals surface area contributed by atoms with Crippen LogP contribution in [0, 0.1) is 0 Å². The Morgan fingerprint density at radius 1 is 1.25 bits per heavy atom. The molecular weight excluding hydrogens is 396 g/mol. The van der Waals surface area contributed by atoms with Crippen molar-refractivity contribution < 1.29 is 19.0 Å². The number of ether oxygens (including phenoxy) is 3. The summed E-state index contributed by atoms with van der Waals surface area (Å²) < 4.78 is 16.3. The van der Waals surface area contributed by atoms with Gasteiger partial charge in [0.2, 0.25) is 5.71 Å². The molecule has 2 atom stereocenters. The van der Waals surface area contributed by atoms with Crippen molar-refractivity contribution in [3.8, 4) is 11.5 Å². The van der Waals surface area contributed by atoms with E-state index < -0.39 is 12.0 Å². The highest BCUT2D eigenvalue weighted by Crippen LogP contribution is 2.54. The van der Waals surface area contributed by atoms with Crippen molar-refractivity contribution in [1.29, 1.82) is 0 Å². The second-order valence-electron chi connectivity index (χ2n) is 6.28. The Labute approximate surface area is 173 Å². The molecule has 2 unspecified atom stereocenters. The molecule has 0 aromatic heterocycles. The Bertz CT molecular complexity index is 1010. The number of hydrogen-bond acceptors (Lipinski definition) is 7. The molecule has 4 rings (SSSR count). The summed E-state index contributed by atoms with van der Waals surface area (Å²) in [6, 6.07) is 14.7. The van der Waals surface area contributed by atoms with E-state index in [0.29, 0.717) is 22.2 Å². The Morgan fingerprint density at radius 2 is 2.00 bits per heavy atom. The van der Waals surface area contributed by atoms with Gasteiger partial charge in [0, 0.05) is 18.2 Å². The zero-order chi connectivity index (χ0) is 19.9. The van der Waals surface area contributed by atoms with E-state index in [9.17, 15) is 4.79 Å². The molecule has 8 heteroatoms. The Balaban J connectivity index is 1.94. The minimum Gasteiger partial charge on any atom is -0.497 e. The van der Waals surface area contributed by atoms with Gasteiger partial charge in [0.1, 0.15) is 17.1 Å². The summed E-state index contributed by atoms with van der Waals surface area (Å²) in [5.41, 5.74) is 2.35. The van der Waals surface area contributed by atoms with Crippen LogP contribution in [-0.2, 0) is 9.53 Å². The van der Waals surface area contributed by atoms with Gasteiger partial charge in [-0.2, -0.15) is 0 Å². The zero-order valence-corrected chi connectivity index (χ0v) is 17.1. The molecule has 2 heterocycles. The summed E-state index contributed by atoms with van der Waals surface area (Å²) in [6.07, 6.45) is 0. The van der Waals surface area contributed by atoms with Crippen LogP contribution in [0.15, 0.2) is 64.3 Å². The Morgan fingerprint density at radius 3 is 2.68 bits per heavy atom. The highest BCUT2D eigenvalue weighted by molar-refractivity contribution is 7.84. The van der Waals surface area contributed by atoms with Crippen LogP contribution in [0.2, 0.25) is 0 Å². The number of nitrogens with zero attached hydrogens (tertiary/aromatic N) is 2. The average molecular weight is 416 g/mol. The number of fused-ring (bicyclic) bond motifs is 3. The van der Waals surface area contributed by atoms with Crippen LogP contribution in [0.3, 0.4) is 0 Å². The number of carbonyl (C=O) groups is 1. The van der Waals surface area contributed by atoms with Gasteiger partial charge >= 0.3 is 5.97 Å². The first kappa shape index (κ1) is 18.9. The number of para-hydroxylation sites is 1. The van der Waals surface area contributed by atoms with Crippen molar-refractivity contribution in [2.24, 2.45) is 5.10 Å². The molecule has 2 aliphatic rings. The molecule has 0 bridgehead atoms. The van der Waals surface area contributed by atoms with Gasteiger partial charge in [-0.05, 0) is 19.1 Å². The van der Waals surface area contributed by atoms with Gasteiger partial charge in [-0.3, -0.25) is 0 Å². The molecule has 144 valence electrons. The molecule has 0 N–H and O–H groups in total. The fourth-order valence-electron chi connectivity index (χ4n) is 3.46. The number of esters is 1. The number of carbonyl (C=O) groups excluding carboxylic acids is 1. The predicted molar refractivity (Wildman–Crippen MR) is 114 cm³/mol. The van der Waals surface area contributed by atoms with Crippen molar-refractivity contribution >= 4 is 42.8 Å². The monoisotopic (exact) mass is 415 g/mol. The van der Waals surface area contributed by atoms with E-state index >= 15 is 0 Å². The smallest absolute Gasteiger partial charge is 0.363 e. The van der Waals surface area contributed by atoms with Gasteiger partial charge in [-0.15, -0.1) is 12.6 Å². The zero-order valence-electron chi connectivity index (χ0n) is 15.3. The van der Waals surface area contributed by atoms with Crippen molar-refractivity contribution in [2.45, 2.75) is 13.0 Å². The van der Waals surface area contributed by atoms with Gasteiger partial charge < -0.3 is 14.2 Å². The SMILES string of the molecule is CCOC(=O)C1=N[N+](S)(c2ccccc2)C2C1=C(S)Oc1cc(OC)ccc12. The molecule has 2 aromatic rings. The van der Waals surface area contributed by atoms with Crippen LogP contribution in [0.4, 0.5) is 5.69 Å². The Kier molecular flexibility index (Phi) is 4.86. The van der Waals surface area contributed by atoms with E-state index in [1.165, 1.54) is 0 Å². The number of hydrogen-bond donors (Lipinski definition) is 2. The molecule has 0 fully saturated rings.